The van der Waals surface area contributed by atoms with Gasteiger partial charge in [0.15, 0.2) is 0 Å². The van der Waals surface area contributed by atoms with E-state index in [0.717, 1.165) is 18.4 Å². The van der Waals surface area contributed by atoms with E-state index in [2.05, 4.69) is 4.98 Å². The summed E-state index contributed by atoms with van der Waals surface area (Å²) in [5.74, 6) is -0.358. The van der Waals surface area contributed by atoms with Crippen LogP contribution in [0.2, 0.25) is 0 Å². The number of imidazole rings is 1. The fraction of sp³-hybridized carbons (Fsp3) is 0.412. The summed E-state index contributed by atoms with van der Waals surface area (Å²) in [6.45, 7) is 2.33. The third kappa shape index (κ3) is 2.90. The fourth-order valence-corrected chi connectivity index (χ4v) is 2.48. The molecule has 1 atom stereocenters. The van der Waals surface area contributed by atoms with Gasteiger partial charge >= 0.3 is 5.97 Å². The summed E-state index contributed by atoms with van der Waals surface area (Å²) >= 11 is 0. The van der Waals surface area contributed by atoms with Crippen LogP contribution in [0.15, 0.2) is 42.9 Å². The zero-order valence-electron chi connectivity index (χ0n) is 12.9. The lowest BCUT2D eigenvalue weighted by Gasteiger charge is -2.17. The van der Waals surface area contributed by atoms with E-state index in [1.165, 1.54) is 0 Å². The van der Waals surface area contributed by atoms with Crippen LogP contribution >= 0.6 is 0 Å². The molecule has 1 heterocycles. The smallest absolute Gasteiger partial charge is 0.356 e. The Balaban J connectivity index is 1.73. The minimum atomic E-state index is -0.358. The number of carbonyl (C=O) groups excluding carboxylic acids is 1. The number of benzene rings is 1. The molecule has 1 aromatic heterocycles. The molecule has 1 aliphatic carbocycles. The molecule has 1 saturated carbocycles. The van der Waals surface area contributed by atoms with Crippen molar-refractivity contribution in [2.45, 2.75) is 31.4 Å². The van der Waals surface area contributed by atoms with E-state index < -0.39 is 0 Å². The summed E-state index contributed by atoms with van der Waals surface area (Å²) in [6, 6.07) is 10.0. The first kappa shape index (κ1) is 14.8. The average Bonchev–Trinajstić information content (AvgIpc) is 3.19. The monoisotopic (exact) mass is 300 g/mol. The maximum absolute atomic E-state index is 12.3. The number of hydrogen-bond donors (Lipinski definition) is 0. The van der Waals surface area contributed by atoms with Gasteiger partial charge < -0.3 is 14.0 Å². The van der Waals surface area contributed by atoms with Gasteiger partial charge in [-0.05, 0) is 25.3 Å². The van der Waals surface area contributed by atoms with E-state index in [1.54, 1.807) is 19.6 Å². The number of rotatable bonds is 6. The lowest BCUT2D eigenvalue weighted by atomic mass is 10.1. The SMILES string of the molecule is COC1(COC(=O)c2cncn2C(C)c2ccccc2)CC1. The van der Waals surface area contributed by atoms with Gasteiger partial charge in [-0.2, -0.15) is 0 Å². The van der Waals surface area contributed by atoms with Crippen LogP contribution in [-0.2, 0) is 9.47 Å². The Bertz CT molecular complexity index is 647. The van der Waals surface area contributed by atoms with Crippen LogP contribution in [0.5, 0.6) is 0 Å². The van der Waals surface area contributed by atoms with Gasteiger partial charge in [-0.25, -0.2) is 9.78 Å². The Hall–Kier alpha value is -2.14. The average molecular weight is 300 g/mol. The minimum absolute atomic E-state index is 0.0172. The van der Waals surface area contributed by atoms with Crippen LogP contribution < -0.4 is 0 Å². The first-order valence-corrected chi connectivity index (χ1v) is 7.44. The molecule has 0 radical (unpaired) electrons. The molecule has 5 nitrogen and oxygen atoms in total. The molecule has 22 heavy (non-hydrogen) atoms. The Labute approximate surface area is 129 Å². The zero-order chi connectivity index (χ0) is 15.6. The van der Waals surface area contributed by atoms with E-state index in [4.69, 9.17) is 9.47 Å². The highest BCUT2D eigenvalue weighted by Gasteiger charge is 2.44. The molecule has 116 valence electrons. The van der Waals surface area contributed by atoms with Crippen LogP contribution in [0.25, 0.3) is 0 Å². The highest BCUT2D eigenvalue weighted by atomic mass is 16.6. The van der Waals surface area contributed by atoms with E-state index >= 15 is 0 Å². The number of nitrogens with zero attached hydrogens (tertiary/aromatic N) is 2. The molecule has 0 amide bonds. The first-order valence-electron chi connectivity index (χ1n) is 7.44. The number of hydrogen-bond acceptors (Lipinski definition) is 4. The topological polar surface area (TPSA) is 53.4 Å². The number of esters is 1. The quantitative estimate of drug-likeness (QED) is 0.770. The van der Waals surface area contributed by atoms with Crippen molar-refractivity contribution in [3.63, 3.8) is 0 Å². The van der Waals surface area contributed by atoms with Gasteiger partial charge in [0.1, 0.15) is 17.9 Å². The van der Waals surface area contributed by atoms with Crippen molar-refractivity contribution >= 4 is 5.97 Å². The van der Waals surface area contributed by atoms with E-state index in [-0.39, 0.29) is 17.6 Å². The summed E-state index contributed by atoms with van der Waals surface area (Å²) in [7, 11) is 1.66. The molecule has 3 rings (SSSR count). The molecule has 1 unspecified atom stereocenters. The van der Waals surface area contributed by atoms with Gasteiger partial charge in [0.05, 0.1) is 18.6 Å². The molecular formula is C17H20N2O3. The summed E-state index contributed by atoms with van der Waals surface area (Å²) < 4.78 is 12.6. The van der Waals surface area contributed by atoms with Gasteiger partial charge in [0.2, 0.25) is 0 Å². The molecule has 0 bridgehead atoms. The van der Waals surface area contributed by atoms with Crippen molar-refractivity contribution < 1.29 is 14.3 Å². The second-order valence-electron chi connectivity index (χ2n) is 5.74. The van der Waals surface area contributed by atoms with Gasteiger partial charge in [-0.3, -0.25) is 0 Å². The van der Waals surface area contributed by atoms with Crippen molar-refractivity contribution in [2.24, 2.45) is 0 Å². The molecule has 5 heteroatoms. The third-order valence-corrected chi connectivity index (χ3v) is 4.28. The molecule has 1 aliphatic rings. The molecular weight excluding hydrogens is 280 g/mol. The zero-order valence-corrected chi connectivity index (χ0v) is 12.9. The largest absolute Gasteiger partial charge is 0.458 e. The van der Waals surface area contributed by atoms with E-state index in [0.29, 0.717) is 12.3 Å². The molecule has 1 fully saturated rings. The Morgan fingerprint density at radius 1 is 1.36 bits per heavy atom. The highest BCUT2D eigenvalue weighted by Crippen LogP contribution is 2.39. The summed E-state index contributed by atoms with van der Waals surface area (Å²) in [6.07, 6.45) is 5.10. The maximum atomic E-state index is 12.3. The van der Waals surface area contributed by atoms with Gasteiger partial charge in [0, 0.05) is 7.11 Å². The van der Waals surface area contributed by atoms with Crippen LogP contribution in [0.4, 0.5) is 0 Å². The lowest BCUT2D eigenvalue weighted by molar-refractivity contribution is -0.00210. The van der Waals surface area contributed by atoms with Crippen molar-refractivity contribution in [3.8, 4) is 0 Å². The second-order valence-corrected chi connectivity index (χ2v) is 5.74. The third-order valence-electron chi connectivity index (χ3n) is 4.28. The van der Waals surface area contributed by atoms with Crippen molar-refractivity contribution in [1.29, 1.82) is 0 Å². The van der Waals surface area contributed by atoms with Crippen LogP contribution in [-0.4, -0.2) is 34.8 Å². The normalized spacial score (nSPS) is 17.0. The predicted molar refractivity (Wildman–Crippen MR) is 81.7 cm³/mol. The molecule has 0 aliphatic heterocycles. The van der Waals surface area contributed by atoms with E-state index in [9.17, 15) is 4.79 Å². The summed E-state index contributed by atoms with van der Waals surface area (Å²) in [5.41, 5.74) is 1.32. The Morgan fingerprint density at radius 2 is 2.09 bits per heavy atom. The van der Waals surface area contributed by atoms with Crippen molar-refractivity contribution in [3.05, 3.63) is 54.1 Å². The van der Waals surface area contributed by atoms with Crippen molar-refractivity contribution in [2.75, 3.05) is 13.7 Å². The Morgan fingerprint density at radius 3 is 2.73 bits per heavy atom. The number of carbonyl (C=O) groups is 1. The Kier molecular flexibility index (Phi) is 3.98. The van der Waals surface area contributed by atoms with Gasteiger partial charge in [-0.15, -0.1) is 0 Å². The van der Waals surface area contributed by atoms with Gasteiger partial charge in [0.25, 0.3) is 0 Å². The van der Waals surface area contributed by atoms with Crippen LogP contribution in [0.3, 0.4) is 0 Å². The number of ether oxygens (including phenoxy) is 2. The number of aromatic nitrogens is 2. The fourth-order valence-electron chi connectivity index (χ4n) is 2.48. The minimum Gasteiger partial charge on any atom is -0.458 e. The van der Waals surface area contributed by atoms with Crippen molar-refractivity contribution in [1.82, 2.24) is 9.55 Å². The van der Waals surface area contributed by atoms with E-state index in [1.807, 2.05) is 41.8 Å². The predicted octanol–water partition coefficient (Wildman–Crippen LogP) is 2.83. The lowest BCUT2D eigenvalue weighted by Crippen LogP contribution is -2.24. The molecule has 0 saturated heterocycles. The number of methoxy groups -OCH3 is 1. The first-order chi connectivity index (χ1) is 10.7. The summed E-state index contributed by atoms with van der Waals surface area (Å²) in [4.78, 5) is 16.4. The van der Waals surface area contributed by atoms with Crippen LogP contribution in [0.1, 0.15) is 41.9 Å². The second kappa shape index (κ2) is 5.93. The van der Waals surface area contributed by atoms with Gasteiger partial charge in [-0.1, -0.05) is 30.3 Å². The molecule has 0 N–H and O–H groups in total. The maximum Gasteiger partial charge on any atom is 0.356 e. The highest BCUT2D eigenvalue weighted by molar-refractivity contribution is 5.87. The van der Waals surface area contributed by atoms with Crippen LogP contribution in [0, 0.1) is 0 Å². The molecule has 1 aromatic carbocycles. The molecule has 2 aromatic rings. The standard InChI is InChI=1S/C17H20N2O3/c1-13(14-6-4-3-5-7-14)19-12-18-10-15(19)16(20)22-11-17(21-2)8-9-17/h3-7,10,12-13H,8-9,11H2,1-2H3. The molecule has 0 spiro atoms. The summed E-state index contributed by atoms with van der Waals surface area (Å²) in [5, 5.41) is 0.